The van der Waals surface area contributed by atoms with Gasteiger partial charge >= 0.3 is 6.03 Å². The van der Waals surface area contributed by atoms with E-state index in [1.54, 1.807) is 22.7 Å². The highest BCUT2D eigenvalue weighted by Gasteiger charge is 2.28. The summed E-state index contributed by atoms with van der Waals surface area (Å²) in [6.07, 6.45) is 4.36. The number of thiophene rings is 2. The number of nitrogens with one attached hydrogen (secondary N) is 1. The molecule has 4 nitrogen and oxygen atoms in total. The molecule has 2 N–H and O–H groups in total. The third-order valence-corrected chi connectivity index (χ3v) is 6.37. The van der Waals surface area contributed by atoms with Crippen molar-refractivity contribution in [3.05, 3.63) is 39.4 Å². The summed E-state index contributed by atoms with van der Waals surface area (Å²) in [7, 11) is 0. The van der Waals surface area contributed by atoms with Crippen LogP contribution in [0, 0.1) is 6.92 Å². The number of amides is 2. The average molecular weight is 365 g/mol. The van der Waals surface area contributed by atoms with E-state index in [0.29, 0.717) is 6.42 Å². The molecule has 2 aromatic rings. The number of aryl methyl sites for hydroxylation is 1. The van der Waals surface area contributed by atoms with Crippen molar-refractivity contribution in [3.8, 4) is 0 Å². The van der Waals surface area contributed by atoms with Gasteiger partial charge in [-0.05, 0) is 49.8 Å². The molecular formula is C18H24N2O2S2. The normalized spacial score (nSPS) is 19.8. The first kappa shape index (κ1) is 17.5. The number of aliphatic hydroxyl groups is 1. The quantitative estimate of drug-likeness (QED) is 0.800. The smallest absolute Gasteiger partial charge is 0.322 e. The molecule has 6 heteroatoms. The lowest BCUT2D eigenvalue weighted by Crippen LogP contribution is -2.43. The first-order chi connectivity index (χ1) is 11.6. The Kier molecular flexibility index (Phi) is 5.92. The molecule has 0 bridgehead atoms. The van der Waals surface area contributed by atoms with Crippen LogP contribution < -0.4 is 5.32 Å². The van der Waals surface area contributed by atoms with Crippen LogP contribution in [0.3, 0.4) is 0 Å². The number of hydrogen-bond donors (Lipinski definition) is 2. The Morgan fingerprint density at radius 1 is 1.38 bits per heavy atom. The SMILES string of the molecule is Cc1ccc(NC(=O)N2CCCCCC2CC(O)c2cccs2)s1. The van der Waals surface area contributed by atoms with E-state index in [-0.39, 0.29) is 12.1 Å². The summed E-state index contributed by atoms with van der Waals surface area (Å²) in [5.41, 5.74) is 0. The monoisotopic (exact) mass is 364 g/mol. The van der Waals surface area contributed by atoms with E-state index in [1.165, 1.54) is 4.88 Å². The number of hydrogen-bond acceptors (Lipinski definition) is 4. The van der Waals surface area contributed by atoms with Crippen molar-refractivity contribution in [2.24, 2.45) is 0 Å². The number of carbonyl (C=O) groups excluding carboxylic acids is 1. The molecule has 24 heavy (non-hydrogen) atoms. The second kappa shape index (κ2) is 8.14. The molecule has 130 valence electrons. The van der Waals surface area contributed by atoms with E-state index < -0.39 is 6.10 Å². The summed E-state index contributed by atoms with van der Waals surface area (Å²) in [6.45, 7) is 2.80. The Morgan fingerprint density at radius 2 is 2.25 bits per heavy atom. The van der Waals surface area contributed by atoms with Gasteiger partial charge in [0.2, 0.25) is 0 Å². The Labute approximate surface area is 151 Å². The highest BCUT2D eigenvalue weighted by atomic mass is 32.1. The Hall–Kier alpha value is -1.37. The highest BCUT2D eigenvalue weighted by molar-refractivity contribution is 7.16. The third kappa shape index (κ3) is 4.37. The van der Waals surface area contributed by atoms with Gasteiger partial charge < -0.3 is 10.0 Å². The Morgan fingerprint density at radius 3 is 2.96 bits per heavy atom. The van der Waals surface area contributed by atoms with Crippen molar-refractivity contribution in [3.63, 3.8) is 0 Å². The fraction of sp³-hybridized carbons (Fsp3) is 0.500. The molecule has 2 aromatic heterocycles. The van der Waals surface area contributed by atoms with Gasteiger partial charge in [-0.2, -0.15) is 0 Å². The predicted molar refractivity (Wildman–Crippen MR) is 101 cm³/mol. The molecule has 0 aromatic carbocycles. The lowest BCUT2D eigenvalue weighted by Gasteiger charge is -2.31. The second-order valence-corrected chi connectivity index (χ2v) is 8.57. The van der Waals surface area contributed by atoms with Crippen molar-refractivity contribution < 1.29 is 9.90 Å². The fourth-order valence-electron chi connectivity index (χ4n) is 3.22. The van der Waals surface area contributed by atoms with Crippen LogP contribution in [0.1, 0.15) is 48.0 Å². The van der Waals surface area contributed by atoms with Crippen LogP contribution in [-0.4, -0.2) is 28.6 Å². The van der Waals surface area contributed by atoms with E-state index in [9.17, 15) is 9.90 Å². The molecular weight excluding hydrogens is 340 g/mol. The van der Waals surface area contributed by atoms with Gasteiger partial charge in [-0.3, -0.25) is 5.32 Å². The standard InChI is InChI=1S/C18H24N2O2S2/c1-13-8-9-17(24-13)19-18(22)20-10-4-2-3-6-14(20)12-15(21)16-7-5-11-23-16/h5,7-9,11,14-15,21H,2-4,6,10,12H2,1H3,(H,19,22). The van der Waals surface area contributed by atoms with Gasteiger partial charge in [0.15, 0.2) is 0 Å². The first-order valence-corrected chi connectivity index (χ1v) is 10.2. The van der Waals surface area contributed by atoms with Crippen LogP contribution in [0.25, 0.3) is 0 Å². The predicted octanol–water partition coefficient (Wildman–Crippen LogP) is 5.02. The lowest BCUT2D eigenvalue weighted by molar-refractivity contribution is 0.118. The van der Waals surface area contributed by atoms with Crippen molar-refractivity contribution in [1.82, 2.24) is 4.90 Å². The number of likely N-dealkylation sites (tertiary alicyclic amines) is 1. The van der Waals surface area contributed by atoms with E-state index >= 15 is 0 Å². The molecule has 1 fully saturated rings. The van der Waals surface area contributed by atoms with Gasteiger partial charge in [-0.15, -0.1) is 22.7 Å². The molecule has 1 aliphatic rings. The van der Waals surface area contributed by atoms with Crippen LogP contribution in [0.5, 0.6) is 0 Å². The zero-order chi connectivity index (χ0) is 16.9. The number of rotatable bonds is 4. The van der Waals surface area contributed by atoms with Crippen molar-refractivity contribution in [2.75, 3.05) is 11.9 Å². The average Bonchev–Trinajstić information content (AvgIpc) is 3.16. The van der Waals surface area contributed by atoms with Crippen molar-refractivity contribution in [1.29, 1.82) is 0 Å². The number of nitrogens with zero attached hydrogens (tertiary/aromatic N) is 1. The molecule has 3 heterocycles. The molecule has 1 saturated heterocycles. The zero-order valence-electron chi connectivity index (χ0n) is 13.9. The van der Waals surface area contributed by atoms with Crippen molar-refractivity contribution in [2.45, 2.75) is 51.2 Å². The molecule has 0 spiro atoms. The number of anilines is 1. The number of urea groups is 1. The van der Waals surface area contributed by atoms with Crippen LogP contribution in [0.4, 0.5) is 9.80 Å². The van der Waals surface area contributed by atoms with Gasteiger partial charge in [0.1, 0.15) is 0 Å². The minimum atomic E-state index is -0.493. The summed E-state index contributed by atoms with van der Waals surface area (Å²) < 4.78 is 0. The van der Waals surface area contributed by atoms with Crippen LogP contribution in [0.15, 0.2) is 29.6 Å². The molecule has 2 unspecified atom stereocenters. The third-order valence-electron chi connectivity index (χ3n) is 4.48. The van der Waals surface area contributed by atoms with E-state index in [4.69, 9.17) is 0 Å². The molecule has 0 saturated carbocycles. The minimum Gasteiger partial charge on any atom is -0.387 e. The van der Waals surface area contributed by atoms with Crippen LogP contribution in [0.2, 0.25) is 0 Å². The first-order valence-electron chi connectivity index (χ1n) is 8.49. The molecule has 0 aliphatic carbocycles. The summed E-state index contributed by atoms with van der Waals surface area (Å²) in [5, 5.41) is 16.4. The Bertz CT molecular complexity index is 654. The van der Waals surface area contributed by atoms with Crippen LogP contribution >= 0.6 is 22.7 Å². The zero-order valence-corrected chi connectivity index (χ0v) is 15.5. The molecule has 0 radical (unpaired) electrons. The number of aliphatic hydroxyl groups excluding tert-OH is 1. The molecule has 2 amide bonds. The molecule has 2 atom stereocenters. The number of carbonyl (C=O) groups is 1. The minimum absolute atomic E-state index is 0.0397. The summed E-state index contributed by atoms with van der Waals surface area (Å²) >= 11 is 3.16. The fourth-order valence-corrected chi connectivity index (χ4v) is 4.71. The van der Waals surface area contributed by atoms with Gasteiger partial charge in [0, 0.05) is 22.3 Å². The maximum absolute atomic E-state index is 12.8. The van der Waals surface area contributed by atoms with E-state index in [2.05, 4.69) is 5.32 Å². The van der Waals surface area contributed by atoms with Crippen LogP contribution in [-0.2, 0) is 0 Å². The van der Waals surface area contributed by atoms with Gasteiger partial charge in [-0.1, -0.05) is 18.9 Å². The van der Waals surface area contributed by atoms with Gasteiger partial charge in [-0.25, -0.2) is 4.79 Å². The maximum Gasteiger partial charge on any atom is 0.322 e. The largest absolute Gasteiger partial charge is 0.387 e. The second-order valence-electron chi connectivity index (χ2n) is 6.30. The summed E-state index contributed by atoms with van der Waals surface area (Å²) in [6, 6.07) is 7.93. The van der Waals surface area contributed by atoms with E-state index in [0.717, 1.165) is 42.1 Å². The Balaban J connectivity index is 1.68. The summed E-state index contributed by atoms with van der Waals surface area (Å²) in [5.74, 6) is 0. The van der Waals surface area contributed by atoms with Gasteiger partial charge in [0.25, 0.3) is 0 Å². The van der Waals surface area contributed by atoms with E-state index in [1.807, 2.05) is 41.5 Å². The maximum atomic E-state index is 12.8. The molecule has 1 aliphatic heterocycles. The summed E-state index contributed by atoms with van der Waals surface area (Å²) in [4.78, 5) is 16.8. The van der Waals surface area contributed by atoms with Gasteiger partial charge in [0.05, 0.1) is 11.1 Å². The van der Waals surface area contributed by atoms with Crippen molar-refractivity contribution >= 4 is 33.7 Å². The lowest BCUT2D eigenvalue weighted by atomic mass is 10.0. The topological polar surface area (TPSA) is 52.6 Å². The highest BCUT2D eigenvalue weighted by Crippen LogP contribution is 2.29. The molecule has 3 rings (SSSR count).